The second-order valence-corrected chi connectivity index (χ2v) is 20.1. The number of esters is 2. The number of allylic oxidation sites excluding steroid dienone is 6. The van der Waals surface area contributed by atoms with Crippen molar-refractivity contribution >= 4 is 19.8 Å². The Morgan fingerprint density at radius 1 is 0.463 bits per heavy atom. The van der Waals surface area contributed by atoms with Crippen molar-refractivity contribution in [3.8, 4) is 0 Å². The molecule has 6 unspecified atom stereocenters. The van der Waals surface area contributed by atoms with Gasteiger partial charge in [0.15, 0.2) is 6.10 Å². The summed E-state index contributed by atoms with van der Waals surface area (Å²) in [6.07, 6.45) is 37.5. The predicted molar refractivity (Wildman–Crippen MR) is 267 cm³/mol. The summed E-state index contributed by atoms with van der Waals surface area (Å²) in [7, 11) is -5.12. The van der Waals surface area contributed by atoms with E-state index in [1.54, 1.807) is 0 Å². The molecule has 0 aliphatic heterocycles. The molecule has 0 bridgehead atoms. The van der Waals surface area contributed by atoms with Crippen molar-refractivity contribution in [2.24, 2.45) is 0 Å². The molecule has 392 valence electrons. The highest BCUT2D eigenvalue weighted by atomic mass is 31.2. The number of unbranched alkanes of at least 4 members (excludes halogenated alkanes) is 27. The molecule has 1 saturated carbocycles. The minimum absolute atomic E-state index is 0.0924. The Kier molecular flexibility index (Phi) is 40.4. The molecule has 0 radical (unpaired) electrons. The zero-order chi connectivity index (χ0) is 49.2. The summed E-state index contributed by atoms with van der Waals surface area (Å²) in [5.74, 6) is -1.10. The van der Waals surface area contributed by atoms with Gasteiger partial charge in [0, 0.05) is 12.8 Å². The smallest absolute Gasteiger partial charge is 0.462 e. The number of aliphatic hydroxyl groups is 5. The summed E-state index contributed by atoms with van der Waals surface area (Å²) in [5, 5.41) is 50.3. The summed E-state index contributed by atoms with van der Waals surface area (Å²) in [5.41, 5.74) is 0. The molecule has 0 heterocycles. The van der Waals surface area contributed by atoms with Crippen LogP contribution in [0.2, 0.25) is 0 Å². The summed E-state index contributed by atoms with van der Waals surface area (Å²) in [4.78, 5) is 35.9. The van der Waals surface area contributed by atoms with Gasteiger partial charge in [-0.3, -0.25) is 18.6 Å². The SMILES string of the molecule is CCCCC/C=C/C/C=C/CCCCCCCCCCCC(=O)O[C@@H](COC(=O)CCCCCCCCCCC/C=C/CCCCCCCC)COP(=O)(O)OC1C(O)C(O)C(O)[C@H](O)C1O. The van der Waals surface area contributed by atoms with Crippen molar-refractivity contribution in [3.63, 3.8) is 0 Å². The lowest BCUT2D eigenvalue weighted by molar-refractivity contribution is -0.220. The summed E-state index contributed by atoms with van der Waals surface area (Å²) in [6, 6.07) is 0. The molecule has 0 saturated heterocycles. The van der Waals surface area contributed by atoms with Crippen molar-refractivity contribution in [1.29, 1.82) is 0 Å². The number of phosphoric acid groups is 1. The molecular weight excluding hydrogens is 876 g/mol. The van der Waals surface area contributed by atoms with Gasteiger partial charge in [-0.2, -0.15) is 0 Å². The molecule has 0 aromatic rings. The van der Waals surface area contributed by atoms with E-state index in [2.05, 4.69) is 50.3 Å². The monoisotopic (exact) mass is 973 g/mol. The van der Waals surface area contributed by atoms with Gasteiger partial charge >= 0.3 is 19.8 Å². The molecular formula is C53H97O13P. The van der Waals surface area contributed by atoms with Gasteiger partial charge in [-0.15, -0.1) is 0 Å². The highest BCUT2D eigenvalue weighted by Gasteiger charge is 2.51. The van der Waals surface area contributed by atoms with Gasteiger partial charge in [-0.25, -0.2) is 4.57 Å². The van der Waals surface area contributed by atoms with E-state index < -0.39 is 75.7 Å². The van der Waals surface area contributed by atoms with E-state index in [0.29, 0.717) is 12.8 Å². The molecule has 8 atom stereocenters. The average Bonchev–Trinajstić information content (AvgIpc) is 3.31. The Morgan fingerprint density at radius 2 is 0.806 bits per heavy atom. The van der Waals surface area contributed by atoms with Crippen LogP contribution in [0.15, 0.2) is 36.5 Å². The highest BCUT2D eigenvalue weighted by molar-refractivity contribution is 7.47. The summed E-state index contributed by atoms with van der Waals surface area (Å²) >= 11 is 0. The van der Waals surface area contributed by atoms with Crippen molar-refractivity contribution in [3.05, 3.63) is 36.5 Å². The second kappa shape index (κ2) is 42.9. The Balaban J connectivity index is 2.38. The first kappa shape index (κ1) is 63.1. The van der Waals surface area contributed by atoms with Crippen LogP contribution in [-0.4, -0.2) is 98.3 Å². The normalized spacial score (nSPS) is 21.4. The summed E-state index contributed by atoms with van der Waals surface area (Å²) in [6.45, 7) is 3.30. The number of rotatable bonds is 45. The molecule has 1 aliphatic rings. The quantitative estimate of drug-likeness (QED) is 0.0145. The maximum Gasteiger partial charge on any atom is 0.472 e. The van der Waals surface area contributed by atoms with Crippen LogP contribution < -0.4 is 0 Å². The van der Waals surface area contributed by atoms with E-state index in [-0.39, 0.29) is 12.8 Å². The lowest BCUT2D eigenvalue weighted by atomic mass is 9.85. The molecule has 1 fully saturated rings. The van der Waals surface area contributed by atoms with Crippen LogP contribution in [0.25, 0.3) is 0 Å². The van der Waals surface area contributed by atoms with Crippen molar-refractivity contribution < 1.29 is 63.1 Å². The van der Waals surface area contributed by atoms with E-state index in [1.807, 2.05) is 0 Å². The van der Waals surface area contributed by atoms with Crippen LogP contribution in [0.3, 0.4) is 0 Å². The number of ether oxygens (including phenoxy) is 2. The number of hydrogen-bond donors (Lipinski definition) is 6. The Bertz CT molecular complexity index is 1310. The first-order chi connectivity index (χ1) is 32.4. The Hall–Kier alpha value is -1.93. The first-order valence-electron chi connectivity index (χ1n) is 26.8. The zero-order valence-electron chi connectivity index (χ0n) is 41.9. The van der Waals surface area contributed by atoms with E-state index >= 15 is 0 Å². The maximum atomic E-state index is 12.9. The van der Waals surface area contributed by atoms with E-state index in [4.69, 9.17) is 18.5 Å². The van der Waals surface area contributed by atoms with Gasteiger partial charge in [-0.05, 0) is 70.6 Å². The van der Waals surface area contributed by atoms with Crippen LogP contribution in [-0.2, 0) is 32.7 Å². The second-order valence-electron chi connectivity index (χ2n) is 18.7. The number of phosphoric ester groups is 1. The fourth-order valence-corrected chi connectivity index (χ4v) is 9.11. The molecule has 0 aromatic heterocycles. The molecule has 6 N–H and O–H groups in total. The predicted octanol–water partition coefficient (Wildman–Crippen LogP) is 11.7. The van der Waals surface area contributed by atoms with Crippen molar-refractivity contribution in [1.82, 2.24) is 0 Å². The minimum Gasteiger partial charge on any atom is -0.462 e. The molecule has 0 spiro atoms. The van der Waals surface area contributed by atoms with Gasteiger partial charge in [0.25, 0.3) is 0 Å². The maximum absolute atomic E-state index is 12.9. The van der Waals surface area contributed by atoms with Crippen LogP contribution in [0.5, 0.6) is 0 Å². The third kappa shape index (κ3) is 34.9. The summed E-state index contributed by atoms with van der Waals surface area (Å²) < 4.78 is 33.7. The largest absolute Gasteiger partial charge is 0.472 e. The van der Waals surface area contributed by atoms with Crippen LogP contribution in [0.4, 0.5) is 0 Å². The molecule has 67 heavy (non-hydrogen) atoms. The average molecular weight is 973 g/mol. The molecule has 1 aliphatic carbocycles. The number of carbonyl (C=O) groups is 2. The van der Waals surface area contributed by atoms with Gasteiger partial charge < -0.3 is 39.9 Å². The third-order valence-corrected chi connectivity index (χ3v) is 13.4. The number of carbonyl (C=O) groups excluding carboxylic acids is 2. The van der Waals surface area contributed by atoms with Crippen LogP contribution in [0.1, 0.15) is 232 Å². The van der Waals surface area contributed by atoms with Gasteiger partial charge in [-0.1, -0.05) is 185 Å². The van der Waals surface area contributed by atoms with Crippen LogP contribution >= 0.6 is 7.82 Å². The van der Waals surface area contributed by atoms with Crippen LogP contribution in [0, 0.1) is 0 Å². The van der Waals surface area contributed by atoms with E-state index in [0.717, 1.165) is 64.2 Å². The molecule has 0 amide bonds. The fourth-order valence-electron chi connectivity index (χ4n) is 8.14. The first-order valence-corrected chi connectivity index (χ1v) is 28.3. The number of hydrogen-bond acceptors (Lipinski definition) is 12. The highest BCUT2D eigenvalue weighted by Crippen LogP contribution is 2.47. The lowest BCUT2D eigenvalue weighted by Crippen LogP contribution is -2.64. The van der Waals surface area contributed by atoms with E-state index in [1.165, 1.54) is 128 Å². The standard InChI is InChI=1S/C53H97O13P/c1-3-5-7-9-11-13-15-17-19-21-23-25-27-29-31-33-35-37-39-41-46(54)63-43-45(44-64-67(61,62)66-53-51(59)49(57)48(56)50(58)52(53)60)65-47(55)42-40-38-36-34-32-30-28-26-24-22-20-18-16-14-12-10-8-6-4-2/h12,14,17-20,45,48-53,56-60H,3-11,13,15-16,21-44H2,1-2H3,(H,61,62)/b14-12+,19-17+,20-18+/t45-,48?,49-,50?,51?,52?,53?/m0/s1. The van der Waals surface area contributed by atoms with Crippen molar-refractivity contribution in [2.75, 3.05) is 13.2 Å². The molecule has 14 heteroatoms. The van der Waals surface area contributed by atoms with Gasteiger partial charge in [0.2, 0.25) is 0 Å². The fraction of sp³-hybridized carbons (Fsp3) is 0.849. The molecule has 13 nitrogen and oxygen atoms in total. The topological polar surface area (TPSA) is 210 Å². The Morgan fingerprint density at radius 3 is 1.25 bits per heavy atom. The van der Waals surface area contributed by atoms with Crippen molar-refractivity contribution in [2.45, 2.75) is 275 Å². The third-order valence-electron chi connectivity index (χ3n) is 12.5. The molecule has 1 rings (SSSR count). The van der Waals surface area contributed by atoms with E-state index in [9.17, 15) is 44.6 Å². The van der Waals surface area contributed by atoms with Gasteiger partial charge in [0.05, 0.1) is 6.61 Å². The Labute approximate surface area is 406 Å². The molecule has 0 aromatic carbocycles. The zero-order valence-corrected chi connectivity index (χ0v) is 42.8. The lowest BCUT2D eigenvalue weighted by Gasteiger charge is -2.41. The van der Waals surface area contributed by atoms with Gasteiger partial charge in [0.1, 0.15) is 43.2 Å². The number of aliphatic hydroxyl groups excluding tert-OH is 5. The minimum atomic E-state index is -5.12.